The summed E-state index contributed by atoms with van der Waals surface area (Å²) in [4.78, 5) is 12.2. The zero-order valence-corrected chi connectivity index (χ0v) is 10.2. The number of ketones is 1. The molecule has 0 aliphatic rings. The van der Waals surface area contributed by atoms with Gasteiger partial charge in [-0.15, -0.1) is 11.8 Å². The van der Waals surface area contributed by atoms with Gasteiger partial charge in [0, 0.05) is 16.9 Å². The summed E-state index contributed by atoms with van der Waals surface area (Å²) in [6.07, 6.45) is 2.46. The first-order valence-electron chi connectivity index (χ1n) is 4.97. The topological polar surface area (TPSA) is 26.3 Å². The molecule has 0 atom stereocenters. The van der Waals surface area contributed by atoms with Crippen molar-refractivity contribution in [1.29, 1.82) is 0 Å². The highest BCUT2D eigenvalue weighted by Gasteiger charge is 2.10. The highest BCUT2D eigenvalue weighted by molar-refractivity contribution is 7.98. The van der Waals surface area contributed by atoms with E-state index in [-0.39, 0.29) is 5.78 Å². The molecular weight excluding hydrogens is 208 g/mol. The smallest absolute Gasteiger partial charge is 0.136 e. The fourth-order valence-corrected chi connectivity index (χ4v) is 2.03. The molecule has 0 spiro atoms. The number of para-hydroxylation sites is 1. The first-order chi connectivity index (χ1) is 7.19. The Kier molecular flexibility index (Phi) is 4.69. The number of ether oxygens (including phenoxy) is 1. The molecule has 1 aromatic rings. The SMILES string of the molecule is CCOc1c(CC(C)=O)cccc1SC. The Bertz CT molecular complexity index is 347. The lowest BCUT2D eigenvalue weighted by Gasteiger charge is -2.12. The Labute approximate surface area is 95.0 Å². The van der Waals surface area contributed by atoms with Gasteiger partial charge in [0.25, 0.3) is 0 Å². The molecule has 0 fully saturated rings. The maximum atomic E-state index is 11.1. The van der Waals surface area contributed by atoms with Crippen molar-refractivity contribution in [3.05, 3.63) is 23.8 Å². The predicted molar refractivity (Wildman–Crippen MR) is 63.8 cm³/mol. The number of hydrogen-bond donors (Lipinski definition) is 0. The molecule has 0 aromatic heterocycles. The van der Waals surface area contributed by atoms with Gasteiger partial charge in [-0.25, -0.2) is 0 Å². The molecule has 0 radical (unpaired) electrons. The summed E-state index contributed by atoms with van der Waals surface area (Å²) < 4.78 is 5.59. The van der Waals surface area contributed by atoms with Crippen LogP contribution >= 0.6 is 11.8 Å². The number of thioether (sulfide) groups is 1. The lowest BCUT2D eigenvalue weighted by Crippen LogP contribution is -2.02. The van der Waals surface area contributed by atoms with E-state index >= 15 is 0 Å². The number of hydrogen-bond acceptors (Lipinski definition) is 3. The van der Waals surface area contributed by atoms with Crippen molar-refractivity contribution in [3.8, 4) is 5.75 Å². The van der Waals surface area contributed by atoms with Gasteiger partial charge < -0.3 is 4.74 Å². The predicted octanol–water partition coefficient (Wildman–Crippen LogP) is 2.94. The summed E-state index contributed by atoms with van der Waals surface area (Å²) in [6, 6.07) is 5.93. The molecule has 0 N–H and O–H groups in total. The molecule has 0 aliphatic carbocycles. The van der Waals surface area contributed by atoms with E-state index in [9.17, 15) is 4.79 Å². The molecule has 0 saturated carbocycles. The quantitative estimate of drug-likeness (QED) is 0.719. The van der Waals surface area contributed by atoms with Crippen LogP contribution in [0.1, 0.15) is 19.4 Å². The third-order valence-corrected chi connectivity index (χ3v) is 2.77. The van der Waals surface area contributed by atoms with E-state index in [4.69, 9.17) is 4.74 Å². The molecule has 2 nitrogen and oxygen atoms in total. The van der Waals surface area contributed by atoms with E-state index in [0.29, 0.717) is 13.0 Å². The minimum atomic E-state index is 0.161. The Morgan fingerprint density at radius 2 is 2.20 bits per heavy atom. The van der Waals surface area contributed by atoms with E-state index < -0.39 is 0 Å². The van der Waals surface area contributed by atoms with Crippen LogP contribution in [-0.2, 0) is 11.2 Å². The highest BCUT2D eigenvalue weighted by Crippen LogP contribution is 2.31. The number of carbonyl (C=O) groups excluding carboxylic acids is 1. The number of rotatable bonds is 5. The van der Waals surface area contributed by atoms with Crippen LogP contribution in [0.5, 0.6) is 5.75 Å². The second-order valence-electron chi connectivity index (χ2n) is 3.26. The molecule has 3 heteroatoms. The van der Waals surface area contributed by atoms with Crippen LogP contribution in [0, 0.1) is 0 Å². The summed E-state index contributed by atoms with van der Waals surface area (Å²) in [6.45, 7) is 4.18. The second kappa shape index (κ2) is 5.81. The molecule has 82 valence electrons. The lowest BCUT2D eigenvalue weighted by atomic mass is 10.1. The summed E-state index contributed by atoms with van der Waals surface area (Å²) in [5, 5.41) is 0. The van der Waals surface area contributed by atoms with Crippen LogP contribution in [-0.4, -0.2) is 18.6 Å². The van der Waals surface area contributed by atoms with Crippen LogP contribution in [0.25, 0.3) is 0 Å². The van der Waals surface area contributed by atoms with Gasteiger partial charge >= 0.3 is 0 Å². The zero-order chi connectivity index (χ0) is 11.3. The monoisotopic (exact) mass is 224 g/mol. The zero-order valence-electron chi connectivity index (χ0n) is 9.37. The Morgan fingerprint density at radius 1 is 1.47 bits per heavy atom. The minimum absolute atomic E-state index is 0.161. The first kappa shape index (κ1) is 12.1. The Hall–Kier alpha value is -0.960. The van der Waals surface area contributed by atoms with Gasteiger partial charge in [-0.3, -0.25) is 4.79 Å². The number of benzene rings is 1. The van der Waals surface area contributed by atoms with E-state index in [1.807, 2.05) is 31.4 Å². The first-order valence-corrected chi connectivity index (χ1v) is 6.19. The van der Waals surface area contributed by atoms with Gasteiger partial charge in [-0.2, -0.15) is 0 Å². The molecule has 0 heterocycles. The van der Waals surface area contributed by atoms with Gasteiger partial charge in [0.2, 0.25) is 0 Å². The van der Waals surface area contributed by atoms with Crippen molar-refractivity contribution in [2.75, 3.05) is 12.9 Å². The third kappa shape index (κ3) is 3.27. The Morgan fingerprint density at radius 3 is 2.73 bits per heavy atom. The van der Waals surface area contributed by atoms with E-state index in [1.165, 1.54) is 0 Å². The summed E-state index contributed by atoms with van der Waals surface area (Å²) >= 11 is 1.64. The van der Waals surface area contributed by atoms with Gasteiger partial charge in [0.05, 0.1) is 6.61 Å². The van der Waals surface area contributed by atoms with Crippen molar-refractivity contribution in [1.82, 2.24) is 0 Å². The van der Waals surface area contributed by atoms with Gasteiger partial charge in [0.15, 0.2) is 0 Å². The number of carbonyl (C=O) groups is 1. The fraction of sp³-hybridized carbons (Fsp3) is 0.417. The van der Waals surface area contributed by atoms with Gasteiger partial charge in [-0.1, -0.05) is 12.1 Å². The molecule has 0 aliphatic heterocycles. The third-order valence-electron chi connectivity index (χ3n) is 2.01. The van der Waals surface area contributed by atoms with E-state index in [1.54, 1.807) is 18.7 Å². The van der Waals surface area contributed by atoms with Gasteiger partial charge in [-0.05, 0) is 26.2 Å². The normalized spacial score (nSPS) is 10.1. The van der Waals surface area contributed by atoms with Gasteiger partial charge in [0.1, 0.15) is 11.5 Å². The second-order valence-corrected chi connectivity index (χ2v) is 4.11. The molecule has 1 rings (SSSR count). The number of Topliss-reactive ketones (excluding diaryl/α,β-unsaturated/α-hetero) is 1. The minimum Gasteiger partial charge on any atom is -0.492 e. The molecular formula is C12H16O2S. The van der Waals surface area contributed by atoms with Crippen molar-refractivity contribution < 1.29 is 9.53 Å². The molecule has 0 amide bonds. The van der Waals surface area contributed by atoms with E-state index in [2.05, 4.69) is 0 Å². The summed E-state index contributed by atoms with van der Waals surface area (Å²) in [5.74, 6) is 1.02. The van der Waals surface area contributed by atoms with Crippen LogP contribution in [0.2, 0.25) is 0 Å². The standard InChI is InChI=1S/C12H16O2S/c1-4-14-12-10(8-9(2)13)6-5-7-11(12)15-3/h5-7H,4,8H2,1-3H3. The van der Waals surface area contributed by atoms with Crippen LogP contribution in [0.3, 0.4) is 0 Å². The molecule has 1 aromatic carbocycles. The molecule has 0 bridgehead atoms. The lowest BCUT2D eigenvalue weighted by molar-refractivity contribution is -0.116. The van der Waals surface area contributed by atoms with Crippen LogP contribution < -0.4 is 4.74 Å². The fourth-order valence-electron chi connectivity index (χ4n) is 1.44. The van der Waals surface area contributed by atoms with E-state index in [0.717, 1.165) is 16.2 Å². The van der Waals surface area contributed by atoms with Crippen molar-refractivity contribution in [3.63, 3.8) is 0 Å². The van der Waals surface area contributed by atoms with Crippen LogP contribution in [0.15, 0.2) is 23.1 Å². The average molecular weight is 224 g/mol. The largest absolute Gasteiger partial charge is 0.492 e. The van der Waals surface area contributed by atoms with Crippen molar-refractivity contribution in [2.45, 2.75) is 25.2 Å². The Balaban J connectivity index is 3.06. The highest BCUT2D eigenvalue weighted by atomic mass is 32.2. The van der Waals surface area contributed by atoms with Crippen LogP contribution in [0.4, 0.5) is 0 Å². The molecule has 0 unspecified atom stereocenters. The molecule has 15 heavy (non-hydrogen) atoms. The maximum absolute atomic E-state index is 11.1. The van der Waals surface area contributed by atoms with Crippen molar-refractivity contribution in [2.24, 2.45) is 0 Å². The molecule has 0 saturated heterocycles. The summed E-state index contributed by atoms with van der Waals surface area (Å²) in [5.41, 5.74) is 0.983. The van der Waals surface area contributed by atoms with Crippen molar-refractivity contribution >= 4 is 17.5 Å². The maximum Gasteiger partial charge on any atom is 0.136 e. The summed E-state index contributed by atoms with van der Waals surface area (Å²) in [7, 11) is 0. The average Bonchev–Trinajstić information content (AvgIpc) is 2.20.